The highest BCUT2D eigenvalue weighted by molar-refractivity contribution is 7.92. The normalized spacial score (nSPS) is 14.5. The number of ether oxygens (including phenoxy) is 1. The molecule has 0 aliphatic rings. The third-order valence-corrected chi connectivity index (χ3v) is 5.03. The molecule has 0 saturated heterocycles. The Morgan fingerprint density at radius 3 is 2.18 bits per heavy atom. The molecule has 0 heterocycles. The molecule has 0 amide bonds. The molecule has 0 aromatic heterocycles. The van der Waals surface area contributed by atoms with Crippen LogP contribution in [0.25, 0.3) is 0 Å². The highest BCUT2D eigenvalue weighted by Crippen LogP contribution is 2.04. The molecule has 1 N–H and O–H groups in total. The first-order valence-electron chi connectivity index (χ1n) is 6.34. The summed E-state index contributed by atoms with van der Waals surface area (Å²) >= 11 is 0. The molecule has 0 fully saturated rings. The Kier molecular flexibility index (Phi) is 8.00. The summed E-state index contributed by atoms with van der Waals surface area (Å²) in [6, 6.07) is 0.220. The molecular weight excluding hydrogens is 238 g/mol. The van der Waals surface area contributed by atoms with Crippen LogP contribution in [0.1, 0.15) is 34.6 Å². The van der Waals surface area contributed by atoms with Gasteiger partial charge in [0, 0.05) is 19.2 Å². The average molecular weight is 265 g/mol. The molecule has 0 bridgehead atoms. The fourth-order valence-electron chi connectivity index (χ4n) is 1.35. The molecule has 17 heavy (non-hydrogen) atoms. The molecule has 0 spiro atoms. The minimum atomic E-state index is -2.94. The summed E-state index contributed by atoms with van der Waals surface area (Å²) in [4.78, 5) is 0. The Morgan fingerprint density at radius 1 is 1.18 bits per heavy atom. The first-order chi connectivity index (χ1) is 7.81. The van der Waals surface area contributed by atoms with Crippen molar-refractivity contribution in [3.05, 3.63) is 0 Å². The highest BCUT2D eigenvalue weighted by atomic mass is 32.2. The van der Waals surface area contributed by atoms with E-state index in [0.717, 1.165) is 0 Å². The van der Waals surface area contributed by atoms with Crippen LogP contribution in [0.5, 0.6) is 0 Å². The van der Waals surface area contributed by atoms with Gasteiger partial charge in [0.2, 0.25) is 0 Å². The topological polar surface area (TPSA) is 55.4 Å². The van der Waals surface area contributed by atoms with Gasteiger partial charge in [0.15, 0.2) is 9.84 Å². The molecule has 1 atom stereocenters. The van der Waals surface area contributed by atoms with Crippen molar-refractivity contribution in [3.8, 4) is 0 Å². The van der Waals surface area contributed by atoms with Gasteiger partial charge in [0.1, 0.15) is 0 Å². The second-order valence-corrected chi connectivity index (χ2v) is 7.56. The van der Waals surface area contributed by atoms with Gasteiger partial charge in [0.25, 0.3) is 0 Å². The molecule has 0 saturated carbocycles. The number of rotatable bonds is 9. The Balaban J connectivity index is 4.06. The summed E-state index contributed by atoms with van der Waals surface area (Å²) in [5, 5.41) is 2.96. The van der Waals surface area contributed by atoms with Gasteiger partial charge in [-0.3, -0.25) is 0 Å². The lowest BCUT2D eigenvalue weighted by molar-refractivity contribution is 0.109. The Bertz CT molecular complexity index is 286. The highest BCUT2D eigenvalue weighted by Gasteiger charge is 2.18. The Morgan fingerprint density at radius 2 is 1.76 bits per heavy atom. The molecule has 5 heteroatoms. The van der Waals surface area contributed by atoms with Crippen LogP contribution in [0.4, 0.5) is 0 Å². The summed E-state index contributed by atoms with van der Waals surface area (Å²) in [7, 11) is -2.94. The van der Waals surface area contributed by atoms with Gasteiger partial charge in [-0.05, 0) is 26.7 Å². The second kappa shape index (κ2) is 8.06. The van der Waals surface area contributed by atoms with Crippen LogP contribution in [0.2, 0.25) is 0 Å². The van der Waals surface area contributed by atoms with Crippen LogP contribution in [0.3, 0.4) is 0 Å². The molecule has 0 aliphatic carbocycles. The van der Waals surface area contributed by atoms with E-state index in [2.05, 4.69) is 19.2 Å². The first kappa shape index (κ1) is 16.9. The van der Waals surface area contributed by atoms with E-state index in [9.17, 15) is 8.42 Å². The van der Waals surface area contributed by atoms with Gasteiger partial charge in [-0.25, -0.2) is 8.42 Å². The Hall–Kier alpha value is -0.130. The molecule has 1 unspecified atom stereocenters. The number of sulfone groups is 1. The van der Waals surface area contributed by atoms with Crippen LogP contribution >= 0.6 is 0 Å². The van der Waals surface area contributed by atoms with Crippen molar-refractivity contribution in [2.75, 3.05) is 25.5 Å². The molecule has 0 aromatic carbocycles. The summed E-state index contributed by atoms with van der Waals surface area (Å²) in [6.45, 7) is 11.4. The predicted octanol–water partition coefficient (Wildman–Crippen LogP) is 1.46. The van der Waals surface area contributed by atoms with Crippen LogP contribution in [-0.4, -0.2) is 45.2 Å². The van der Waals surface area contributed by atoms with E-state index in [1.54, 1.807) is 13.8 Å². The zero-order valence-electron chi connectivity index (χ0n) is 11.7. The lowest BCUT2D eigenvalue weighted by Crippen LogP contribution is -2.41. The van der Waals surface area contributed by atoms with Gasteiger partial charge >= 0.3 is 0 Å². The molecule has 4 nitrogen and oxygen atoms in total. The second-order valence-electron chi connectivity index (χ2n) is 4.88. The zero-order chi connectivity index (χ0) is 13.5. The van der Waals surface area contributed by atoms with E-state index >= 15 is 0 Å². The van der Waals surface area contributed by atoms with Crippen molar-refractivity contribution in [2.45, 2.75) is 45.9 Å². The van der Waals surface area contributed by atoms with Crippen molar-refractivity contribution < 1.29 is 13.2 Å². The molecule has 0 radical (unpaired) electrons. The molecular formula is C12H27NO3S. The maximum Gasteiger partial charge on any atom is 0.153 e. The minimum Gasteiger partial charge on any atom is -0.380 e. The zero-order valence-corrected chi connectivity index (χ0v) is 12.5. The SMILES string of the molecule is CCOCC(NCCS(=O)(=O)C(C)C)C(C)C. The molecule has 0 aliphatic heterocycles. The van der Waals surface area contributed by atoms with Crippen molar-refractivity contribution in [3.63, 3.8) is 0 Å². The van der Waals surface area contributed by atoms with Crippen LogP contribution < -0.4 is 5.32 Å². The number of hydrogen-bond acceptors (Lipinski definition) is 4. The lowest BCUT2D eigenvalue weighted by Gasteiger charge is -2.22. The van der Waals surface area contributed by atoms with Crippen molar-refractivity contribution in [1.29, 1.82) is 0 Å². The summed E-state index contributed by atoms with van der Waals surface area (Å²) in [5.74, 6) is 0.628. The third-order valence-electron chi connectivity index (χ3n) is 2.82. The predicted molar refractivity (Wildman–Crippen MR) is 72.0 cm³/mol. The fraction of sp³-hybridized carbons (Fsp3) is 1.00. The molecule has 104 valence electrons. The largest absolute Gasteiger partial charge is 0.380 e. The number of hydrogen-bond donors (Lipinski definition) is 1. The van der Waals surface area contributed by atoms with Gasteiger partial charge < -0.3 is 10.1 Å². The van der Waals surface area contributed by atoms with E-state index in [1.165, 1.54) is 0 Å². The lowest BCUT2D eigenvalue weighted by atomic mass is 10.1. The summed E-state index contributed by atoms with van der Waals surface area (Å²) in [5.41, 5.74) is 0. The van der Waals surface area contributed by atoms with Crippen molar-refractivity contribution >= 4 is 9.84 Å². The van der Waals surface area contributed by atoms with Gasteiger partial charge in [-0.1, -0.05) is 13.8 Å². The fourth-order valence-corrected chi connectivity index (χ4v) is 2.23. The third kappa shape index (κ3) is 7.01. The average Bonchev–Trinajstić information content (AvgIpc) is 2.22. The van der Waals surface area contributed by atoms with E-state index < -0.39 is 9.84 Å². The van der Waals surface area contributed by atoms with E-state index in [1.807, 2.05) is 6.92 Å². The quantitative estimate of drug-likeness (QED) is 0.686. The van der Waals surface area contributed by atoms with Gasteiger partial charge in [0.05, 0.1) is 17.6 Å². The Labute approximate surface area is 106 Å². The van der Waals surface area contributed by atoms with E-state index in [4.69, 9.17) is 4.74 Å². The van der Waals surface area contributed by atoms with Gasteiger partial charge in [-0.2, -0.15) is 0 Å². The molecule has 0 aromatic rings. The summed E-state index contributed by atoms with van der Waals surface area (Å²) in [6.07, 6.45) is 0. The van der Waals surface area contributed by atoms with Gasteiger partial charge in [-0.15, -0.1) is 0 Å². The van der Waals surface area contributed by atoms with Crippen LogP contribution in [0.15, 0.2) is 0 Å². The molecule has 0 rings (SSSR count). The van der Waals surface area contributed by atoms with Crippen molar-refractivity contribution in [1.82, 2.24) is 5.32 Å². The minimum absolute atomic E-state index is 0.194. The monoisotopic (exact) mass is 265 g/mol. The first-order valence-corrected chi connectivity index (χ1v) is 8.05. The number of nitrogens with one attached hydrogen (secondary N) is 1. The van der Waals surface area contributed by atoms with Crippen molar-refractivity contribution in [2.24, 2.45) is 5.92 Å². The van der Waals surface area contributed by atoms with E-state index in [-0.39, 0.29) is 17.0 Å². The maximum absolute atomic E-state index is 11.6. The standard InChI is InChI=1S/C12H27NO3S/c1-6-16-9-12(10(2)3)13-7-8-17(14,15)11(4)5/h10-13H,6-9H2,1-5H3. The smallest absolute Gasteiger partial charge is 0.153 e. The summed E-state index contributed by atoms with van der Waals surface area (Å²) < 4.78 is 28.6. The van der Waals surface area contributed by atoms with E-state index in [0.29, 0.717) is 25.7 Å². The van der Waals surface area contributed by atoms with Crippen LogP contribution in [-0.2, 0) is 14.6 Å². The van der Waals surface area contributed by atoms with Crippen LogP contribution in [0, 0.1) is 5.92 Å². The maximum atomic E-state index is 11.6.